The molecule has 0 unspecified atom stereocenters. The second-order valence-corrected chi connectivity index (χ2v) is 6.49. The van der Waals surface area contributed by atoms with Crippen molar-refractivity contribution in [1.29, 1.82) is 0 Å². The highest BCUT2D eigenvalue weighted by Gasteiger charge is 2.34. The van der Waals surface area contributed by atoms with Crippen molar-refractivity contribution in [2.45, 2.75) is 25.5 Å². The first-order valence-electron chi connectivity index (χ1n) is 8.65. The van der Waals surface area contributed by atoms with Crippen molar-refractivity contribution in [2.24, 2.45) is 0 Å². The van der Waals surface area contributed by atoms with E-state index in [0.717, 1.165) is 5.56 Å². The van der Waals surface area contributed by atoms with Gasteiger partial charge in [0.25, 0.3) is 11.8 Å². The van der Waals surface area contributed by atoms with Crippen LogP contribution in [0.1, 0.15) is 35.3 Å². The Balaban J connectivity index is 0.00000204. The number of anilines is 1. The summed E-state index contributed by atoms with van der Waals surface area (Å²) in [5.41, 5.74) is 7.96. The lowest BCUT2D eigenvalue weighted by molar-refractivity contribution is -0.136. The van der Waals surface area contributed by atoms with Crippen LogP contribution in [0.25, 0.3) is 0 Å². The van der Waals surface area contributed by atoms with Crippen molar-refractivity contribution in [3.63, 3.8) is 0 Å². The van der Waals surface area contributed by atoms with Crippen LogP contribution in [0.15, 0.2) is 61.7 Å². The van der Waals surface area contributed by atoms with Crippen molar-refractivity contribution in [2.75, 3.05) is 5.73 Å². The van der Waals surface area contributed by atoms with Crippen LogP contribution in [0, 0.1) is 11.8 Å². The first-order valence-corrected chi connectivity index (χ1v) is 8.65. The fraction of sp³-hybridized carbons (Fsp3) is 0.182. The fourth-order valence-corrected chi connectivity index (χ4v) is 2.26. The molecule has 0 aliphatic heterocycles. The maximum atomic E-state index is 12.3. The van der Waals surface area contributed by atoms with E-state index in [4.69, 9.17) is 10.9 Å². The van der Waals surface area contributed by atoms with Gasteiger partial charge in [-0.3, -0.25) is 14.8 Å². The minimum absolute atomic E-state index is 0.285. The fourth-order valence-electron chi connectivity index (χ4n) is 2.26. The maximum Gasteiger partial charge on any atom is 0.268 e. The SMILES string of the molecule is C=C.CC(C)(O)[C@H](NC(=O)c1ccc(C#Cc2ccc(N)cc2)cc1)C(=O)NO. The summed E-state index contributed by atoms with van der Waals surface area (Å²) in [5.74, 6) is 4.49. The summed E-state index contributed by atoms with van der Waals surface area (Å²) in [6, 6.07) is 12.3. The van der Waals surface area contributed by atoms with Gasteiger partial charge >= 0.3 is 0 Å². The zero-order chi connectivity index (χ0) is 22.0. The number of nitrogens with two attached hydrogens (primary N) is 1. The lowest BCUT2D eigenvalue weighted by Crippen LogP contribution is -2.57. The highest BCUT2D eigenvalue weighted by Crippen LogP contribution is 2.11. The Hall–Kier alpha value is -3.60. The molecule has 2 aromatic rings. The van der Waals surface area contributed by atoms with Crippen molar-refractivity contribution in [3.05, 3.63) is 78.4 Å². The van der Waals surface area contributed by atoms with Crippen LogP contribution in [0.4, 0.5) is 5.69 Å². The van der Waals surface area contributed by atoms with Crippen molar-refractivity contribution >= 4 is 17.5 Å². The molecule has 6 N–H and O–H groups in total. The molecule has 1 atom stereocenters. The molecule has 7 heteroatoms. The molecule has 0 radical (unpaired) electrons. The number of nitrogen functional groups attached to an aromatic ring is 1. The molecular formula is C22H25N3O4. The van der Waals surface area contributed by atoms with Crippen LogP contribution in [0.3, 0.4) is 0 Å². The lowest BCUT2D eigenvalue weighted by Gasteiger charge is -2.28. The molecule has 152 valence electrons. The molecule has 0 spiro atoms. The number of benzene rings is 2. The van der Waals surface area contributed by atoms with Gasteiger partial charge in [0, 0.05) is 22.4 Å². The zero-order valence-corrected chi connectivity index (χ0v) is 16.4. The number of rotatable bonds is 4. The molecule has 7 nitrogen and oxygen atoms in total. The molecule has 0 fully saturated rings. The third-order valence-electron chi connectivity index (χ3n) is 3.76. The molecule has 2 rings (SSSR count). The molecule has 2 aromatic carbocycles. The summed E-state index contributed by atoms with van der Waals surface area (Å²) in [7, 11) is 0. The Morgan fingerprint density at radius 1 is 1.00 bits per heavy atom. The minimum Gasteiger partial charge on any atom is -0.399 e. The van der Waals surface area contributed by atoms with Crippen LogP contribution >= 0.6 is 0 Å². The van der Waals surface area contributed by atoms with E-state index in [2.05, 4.69) is 30.3 Å². The first-order chi connectivity index (χ1) is 13.7. The van der Waals surface area contributed by atoms with Crippen LogP contribution in [0.5, 0.6) is 0 Å². The quantitative estimate of drug-likeness (QED) is 0.178. The van der Waals surface area contributed by atoms with Crippen LogP contribution in [0.2, 0.25) is 0 Å². The molecular weight excluding hydrogens is 370 g/mol. The Morgan fingerprint density at radius 3 is 1.86 bits per heavy atom. The van der Waals surface area contributed by atoms with E-state index in [1.165, 1.54) is 19.3 Å². The summed E-state index contributed by atoms with van der Waals surface area (Å²) in [5, 5.41) is 21.2. The Bertz CT molecular complexity index is 889. The molecule has 0 heterocycles. The smallest absolute Gasteiger partial charge is 0.268 e. The van der Waals surface area contributed by atoms with Gasteiger partial charge in [-0.15, -0.1) is 13.2 Å². The highest BCUT2D eigenvalue weighted by atomic mass is 16.5. The van der Waals surface area contributed by atoms with Gasteiger partial charge in [-0.2, -0.15) is 0 Å². The van der Waals surface area contributed by atoms with Gasteiger partial charge in [-0.05, 0) is 62.4 Å². The van der Waals surface area contributed by atoms with Crippen molar-refractivity contribution in [1.82, 2.24) is 10.8 Å². The van der Waals surface area contributed by atoms with Crippen molar-refractivity contribution < 1.29 is 19.9 Å². The monoisotopic (exact) mass is 395 g/mol. The van der Waals surface area contributed by atoms with Crippen LogP contribution < -0.4 is 16.5 Å². The molecule has 29 heavy (non-hydrogen) atoms. The molecule has 0 saturated heterocycles. The second-order valence-electron chi connectivity index (χ2n) is 6.49. The summed E-state index contributed by atoms with van der Waals surface area (Å²) in [4.78, 5) is 24.0. The maximum absolute atomic E-state index is 12.3. The van der Waals surface area contributed by atoms with Crippen LogP contribution in [-0.2, 0) is 4.79 Å². The van der Waals surface area contributed by atoms with E-state index in [9.17, 15) is 14.7 Å². The summed E-state index contributed by atoms with van der Waals surface area (Å²) in [6.07, 6.45) is 0. The van der Waals surface area contributed by atoms with Gasteiger partial charge in [0.1, 0.15) is 6.04 Å². The predicted molar refractivity (Wildman–Crippen MR) is 112 cm³/mol. The normalized spacial score (nSPS) is 11.0. The van der Waals surface area contributed by atoms with Gasteiger partial charge in [-0.25, -0.2) is 5.48 Å². The van der Waals surface area contributed by atoms with E-state index >= 15 is 0 Å². The molecule has 0 aliphatic rings. The number of hydroxylamine groups is 1. The van der Waals surface area contributed by atoms with E-state index in [1.54, 1.807) is 36.4 Å². The van der Waals surface area contributed by atoms with Crippen LogP contribution in [-0.4, -0.2) is 33.8 Å². The van der Waals surface area contributed by atoms with Gasteiger partial charge in [0.2, 0.25) is 0 Å². The third-order valence-corrected chi connectivity index (χ3v) is 3.76. The first kappa shape index (κ1) is 23.4. The summed E-state index contributed by atoms with van der Waals surface area (Å²) >= 11 is 0. The summed E-state index contributed by atoms with van der Waals surface area (Å²) < 4.78 is 0. The standard InChI is InChI=1S/C20H21N3O4.C2H4/c1-20(2,26)17(19(25)23-27)22-18(24)15-9-5-13(6-10-15)3-4-14-7-11-16(21)12-8-14;1-2/h5-12,17,26-27H,21H2,1-2H3,(H,22,24)(H,23,25);1-2H2/t17-;/m1./s1. The predicted octanol–water partition coefficient (Wildman–Crippen LogP) is 1.85. The number of hydrogen-bond donors (Lipinski definition) is 5. The summed E-state index contributed by atoms with van der Waals surface area (Å²) in [6.45, 7) is 8.70. The van der Waals surface area contributed by atoms with Gasteiger partial charge < -0.3 is 16.2 Å². The van der Waals surface area contributed by atoms with Gasteiger partial charge in [0.05, 0.1) is 5.60 Å². The molecule has 0 saturated carbocycles. The van der Waals surface area contributed by atoms with E-state index in [-0.39, 0.29) is 5.56 Å². The molecule has 0 aromatic heterocycles. The Morgan fingerprint density at radius 2 is 1.45 bits per heavy atom. The van der Waals surface area contributed by atoms with Gasteiger partial charge in [-0.1, -0.05) is 11.8 Å². The van der Waals surface area contributed by atoms with E-state index in [0.29, 0.717) is 11.3 Å². The molecule has 0 bridgehead atoms. The molecule has 2 amide bonds. The van der Waals surface area contributed by atoms with E-state index in [1.807, 2.05) is 12.1 Å². The minimum atomic E-state index is -1.56. The number of hydrogen-bond acceptors (Lipinski definition) is 5. The van der Waals surface area contributed by atoms with Gasteiger partial charge in [0.15, 0.2) is 0 Å². The zero-order valence-electron chi connectivity index (χ0n) is 16.4. The molecule has 0 aliphatic carbocycles. The largest absolute Gasteiger partial charge is 0.399 e. The third kappa shape index (κ3) is 7.14. The Kier molecular flexibility index (Phi) is 8.62. The second kappa shape index (κ2) is 10.7. The topological polar surface area (TPSA) is 125 Å². The lowest BCUT2D eigenvalue weighted by atomic mass is 9.97. The average molecular weight is 395 g/mol. The number of carbonyl (C=O) groups is 2. The number of nitrogens with one attached hydrogen (secondary N) is 2. The number of carbonyl (C=O) groups excluding carboxylic acids is 2. The highest BCUT2D eigenvalue weighted by molar-refractivity contribution is 5.97. The Labute approximate surface area is 170 Å². The average Bonchev–Trinajstić information content (AvgIpc) is 2.72. The van der Waals surface area contributed by atoms with Crippen molar-refractivity contribution in [3.8, 4) is 11.8 Å². The number of aliphatic hydroxyl groups is 1. The van der Waals surface area contributed by atoms with E-state index < -0.39 is 23.5 Å². The number of amides is 2.